The molecule has 5 aromatic rings. The van der Waals surface area contributed by atoms with E-state index in [1.165, 1.54) is 12.1 Å². The summed E-state index contributed by atoms with van der Waals surface area (Å²) in [7, 11) is -1.19. The average molecular weight is 925 g/mol. The zero-order valence-corrected chi connectivity index (χ0v) is 29.3. The molecule has 0 saturated carbocycles. The summed E-state index contributed by atoms with van der Waals surface area (Å²) in [5.74, 6) is 2.51. The Balaban J connectivity index is -0.00000000184. The standard InChI is InChI=1S/C36H40ClFN4O4S.122H2/c1-8-47(43,44)24(5)17-39-18-33-22(3)14-32(46-33)29-9-10-31-34(25(29)6)36(41-20-40-31)42(7)28-13-23(4)35(30(37)16-28)45-19-26-11-21(2)12-27(38)15-26;;;;;;;;;;;;;;;;;;;;;;;;;;;;;;;;;;;;;;;;;;;;;;;;;;;;;;;;;;;;;;;;;;;;;;;;;;;;;;;;;;;;;;;;;;;;;;;;;;;;;;;;;;;;;;;;;;;;;;;;;;/h9-16,20,24,39H,8,17-19H2,1-7H3;122*1H. The Morgan fingerprint density at radius 2 is 1.83 bits per heavy atom. The molecule has 8 nitrogen and oxygen atoms in total. The molecule has 0 aliphatic heterocycles. The number of ether oxygens (including phenoxy) is 1. The molecule has 0 fully saturated rings. The first kappa shape index (κ1) is 34.3. The number of rotatable bonds is 12. The van der Waals surface area contributed by atoms with E-state index >= 15 is 0 Å². The van der Waals surface area contributed by atoms with Crippen molar-refractivity contribution in [2.45, 2.75) is 59.9 Å². The molecule has 0 aliphatic rings. The zero-order chi connectivity index (χ0) is 34.0. The summed E-state index contributed by atoms with van der Waals surface area (Å²) < 4.78 is 50.5. The highest BCUT2D eigenvalue weighted by molar-refractivity contribution is 7.92. The molecule has 1 N–H and O–H groups in total. The van der Waals surface area contributed by atoms with Crippen LogP contribution in [0.25, 0.3) is 22.2 Å². The number of fused-ring (bicyclic) bond motifs is 1. The van der Waals surface area contributed by atoms with Crippen LogP contribution >= 0.6 is 11.6 Å². The highest BCUT2D eigenvalue weighted by atomic mass is 35.5. The number of anilines is 2. The fourth-order valence-electron chi connectivity index (χ4n) is 5.71. The van der Waals surface area contributed by atoms with E-state index in [-0.39, 0.29) is 192 Å². The lowest BCUT2D eigenvalue weighted by atomic mass is 10.0. The second-order valence-electron chi connectivity index (χ2n) is 12.0. The predicted octanol–water partition coefficient (Wildman–Crippen LogP) is 38.2. The van der Waals surface area contributed by atoms with Crippen LogP contribution in [0.2, 0.25) is 5.02 Å². The second-order valence-corrected chi connectivity index (χ2v) is 15.1. The summed E-state index contributed by atoms with van der Waals surface area (Å²) in [5, 5.41) is 4.06. The quantitative estimate of drug-likeness (QED) is 0.132. The van der Waals surface area contributed by atoms with Gasteiger partial charge < -0.3 is 19.4 Å². The minimum Gasteiger partial charge on any atom is -0.487 e. The maximum absolute atomic E-state index is 13.9. The van der Waals surface area contributed by atoms with Crippen molar-refractivity contribution in [3.05, 3.63) is 99.3 Å². The lowest BCUT2D eigenvalue weighted by molar-refractivity contribution is 0.303. The lowest BCUT2D eigenvalue weighted by Gasteiger charge is -2.23. The van der Waals surface area contributed by atoms with Gasteiger partial charge in [0.25, 0.3) is 0 Å². The van der Waals surface area contributed by atoms with Crippen LogP contribution in [0.15, 0.2) is 59.3 Å². The Hall–Kier alpha value is -3.99. The largest absolute Gasteiger partial charge is 0.487 e. The molecule has 0 spiro atoms. The summed E-state index contributed by atoms with van der Waals surface area (Å²) in [4.78, 5) is 11.2. The van der Waals surface area contributed by atoms with Gasteiger partial charge in [0.05, 0.1) is 22.3 Å². The minimum atomic E-state index is -3.12. The maximum Gasteiger partial charge on any atom is 0.153 e. The van der Waals surface area contributed by atoms with Crippen molar-refractivity contribution in [3.8, 4) is 17.1 Å². The smallest absolute Gasteiger partial charge is 0.153 e. The normalized spacial score (nSPS) is 12.4. The molecule has 2 heterocycles. The van der Waals surface area contributed by atoms with Crippen molar-refractivity contribution in [2.24, 2.45) is 0 Å². The molecule has 0 amide bonds. The Morgan fingerprint density at radius 3 is 2.53 bits per heavy atom. The molecule has 1 atom stereocenters. The van der Waals surface area contributed by atoms with Gasteiger partial charge in [-0.15, -0.1) is 0 Å². The van der Waals surface area contributed by atoms with Gasteiger partial charge in [-0.1, -0.05) is 24.6 Å². The van der Waals surface area contributed by atoms with Gasteiger partial charge in [-0.25, -0.2) is 22.8 Å². The number of sulfone groups is 1. The number of hydrogen-bond acceptors (Lipinski definition) is 8. The molecule has 5 rings (SSSR count). The minimum absolute atomic E-state index is 0. The van der Waals surface area contributed by atoms with E-state index in [4.69, 9.17) is 20.8 Å². The zero-order valence-electron chi connectivity index (χ0n) is 27.7. The fraction of sp³-hybridized carbons (Fsp3) is 0.333. The molecule has 47 heavy (non-hydrogen) atoms. The summed E-state index contributed by atoms with van der Waals surface area (Å²) in [5.41, 5.74) is 6.81. The van der Waals surface area contributed by atoms with E-state index in [9.17, 15) is 12.8 Å². The van der Waals surface area contributed by atoms with Crippen LogP contribution in [0.3, 0.4) is 0 Å². The van der Waals surface area contributed by atoms with Crippen LogP contribution in [0.4, 0.5) is 15.9 Å². The molecule has 11 heteroatoms. The number of nitrogens with one attached hydrogen (secondary N) is 1. The van der Waals surface area contributed by atoms with E-state index in [1.54, 1.807) is 20.2 Å². The molecule has 0 bridgehead atoms. The monoisotopic (exact) mass is 924 g/mol. The van der Waals surface area contributed by atoms with E-state index in [0.717, 1.165) is 55.7 Å². The van der Waals surface area contributed by atoms with Gasteiger partial charge in [-0.05, 0) is 105 Å². The first-order valence-corrected chi connectivity index (χ1v) is 17.6. The molecule has 0 saturated heterocycles. The molecular weight excluding hydrogens is 639 g/mol. The Bertz CT molecular complexity index is 2150. The Kier molecular flexibility index (Phi) is 10.2. The van der Waals surface area contributed by atoms with E-state index in [1.807, 2.05) is 76.0 Å². The van der Waals surface area contributed by atoms with Gasteiger partial charge in [0.1, 0.15) is 41.8 Å². The first-order valence-electron chi connectivity index (χ1n) is 15.5. The van der Waals surface area contributed by atoms with E-state index in [2.05, 4.69) is 15.3 Å². The third-order valence-corrected chi connectivity index (χ3v) is 10.9. The maximum atomic E-state index is 13.9. The van der Waals surface area contributed by atoms with Crippen LogP contribution in [0.1, 0.15) is 221 Å². The van der Waals surface area contributed by atoms with Crippen molar-refractivity contribution >= 4 is 43.8 Å². The number of benzene rings is 3. The van der Waals surface area contributed by atoms with Crippen LogP contribution in [-0.2, 0) is 23.0 Å². The van der Waals surface area contributed by atoms with E-state index < -0.39 is 15.1 Å². The average Bonchev–Trinajstić information content (AvgIpc) is 3.39. The molecular formula is C36H284ClFN4O4S. The van der Waals surface area contributed by atoms with Gasteiger partial charge in [0.15, 0.2) is 9.84 Å². The third kappa shape index (κ3) is 7.45. The van der Waals surface area contributed by atoms with Gasteiger partial charge in [-0.3, -0.25) is 0 Å². The molecule has 0 aliphatic carbocycles. The SMILES string of the molecule is CCS(=O)(=O)C(C)CNCc1oc(-c2ccc3ncnc(N(C)c4cc(C)c(OCc5cc(C)cc(F)c5)c(Cl)c4)c3c2C)cc1C.[HH].[HH].[HH].[HH].[HH].[HH].[HH].[HH].[HH].[HH].[HH].[HH].[HH].[HH].[HH].[HH].[HH].[HH].[HH].[HH].[HH].[HH].[HH].[HH].[HH].[HH].[HH].[HH].[HH].[HH].[HH].[HH].[HH].[HH].[HH].[HH].[HH].[HH].[HH].[HH].[HH].[HH].[HH].[HH].[HH].[HH].[HH].[HH].[HH].[HH].[HH].[HH].[HH].[HH].[HH].[HH].[HH].[HH].[HH].[HH].[HH].[HH].[HH].[HH].[HH].[HH].[HH].[HH].[HH].[HH].[HH].[HH].[HH].[HH].[HH].[HH].[HH].[HH].[HH].[HH].[HH].[HH].[HH].[HH].[HH].[HH].[HH].[HH].[HH].[HH].[HH].[HH].[HH].[HH].[HH].[HH].[HH].[HH].[HH].[HH].[HH].[HH].[HH].[HH].[HH].[HH].[HH].[HH].[HH].[HH].[HH].[HH].[HH].[HH].[HH].[HH].[HH].[HH].[HH].[HH].[HH].[HH]. The van der Waals surface area contributed by atoms with Gasteiger partial charge in [0.2, 0.25) is 0 Å². The van der Waals surface area contributed by atoms with Gasteiger partial charge in [-0.2, -0.15) is 0 Å². The van der Waals surface area contributed by atoms with Crippen LogP contribution in [0.5, 0.6) is 5.75 Å². The molecule has 3 aromatic carbocycles. The van der Waals surface area contributed by atoms with Gasteiger partial charge in [0, 0.05) is 210 Å². The summed E-state index contributed by atoms with van der Waals surface area (Å²) in [6.07, 6.45) is 1.54. The van der Waals surface area contributed by atoms with Crippen LogP contribution in [0, 0.1) is 33.5 Å². The summed E-state index contributed by atoms with van der Waals surface area (Å²) in [6, 6.07) is 14.6. The fourth-order valence-corrected chi connectivity index (χ4v) is 6.97. The number of halogens is 2. The van der Waals surface area contributed by atoms with Crippen molar-refractivity contribution in [2.75, 3.05) is 24.2 Å². The number of aryl methyl sites for hydroxylation is 4. The predicted molar refractivity (Wildman–Crippen MR) is 445 cm³/mol. The van der Waals surface area contributed by atoms with Crippen molar-refractivity contribution in [3.63, 3.8) is 0 Å². The highest BCUT2D eigenvalue weighted by Gasteiger charge is 2.21. The summed E-state index contributed by atoms with van der Waals surface area (Å²) >= 11 is 6.74. The van der Waals surface area contributed by atoms with Crippen LogP contribution in [-0.4, -0.2) is 43.0 Å². The molecule has 1 unspecified atom stereocenters. The second kappa shape index (κ2) is 14.0. The first-order chi connectivity index (χ1) is 22.3. The topological polar surface area (TPSA) is 97.6 Å². The Morgan fingerprint density at radius 1 is 1.06 bits per heavy atom. The highest BCUT2D eigenvalue weighted by Crippen LogP contribution is 2.39. The van der Waals surface area contributed by atoms with Crippen molar-refractivity contribution in [1.29, 1.82) is 0 Å². The van der Waals surface area contributed by atoms with E-state index in [0.29, 0.717) is 35.4 Å². The number of aromatic nitrogens is 2. The number of furan rings is 1. The number of nitrogens with zero attached hydrogens (tertiary/aromatic N) is 3. The lowest BCUT2D eigenvalue weighted by Crippen LogP contribution is -2.31. The van der Waals surface area contributed by atoms with Crippen LogP contribution < -0.4 is 15.0 Å². The van der Waals surface area contributed by atoms with Gasteiger partial charge >= 0.3 is 0 Å². The summed E-state index contributed by atoms with van der Waals surface area (Å²) in [6.45, 7) is 12.1. The molecule has 0 radical (unpaired) electrons. The Labute approximate surface area is 462 Å². The van der Waals surface area contributed by atoms with Crippen molar-refractivity contribution in [1.82, 2.24) is 15.3 Å². The number of hydrogen-bond donors (Lipinski definition) is 1. The molecule has 492 valence electrons. The molecule has 2 aromatic heterocycles. The van der Waals surface area contributed by atoms with Crippen molar-refractivity contribution < 1.29 is 196 Å². The third-order valence-electron chi connectivity index (χ3n) is 8.47.